The van der Waals surface area contributed by atoms with Crippen LogP contribution >= 0.6 is 23.4 Å². The van der Waals surface area contributed by atoms with Crippen molar-refractivity contribution in [1.82, 2.24) is 5.43 Å². The molecular weight excluding hydrogens is 286 g/mol. The molecule has 0 radical (unpaired) electrons. The fourth-order valence-electron chi connectivity index (χ4n) is 1.50. The number of rotatable bonds is 4. The highest BCUT2D eigenvalue weighted by molar-refractivity contribution is 7.98. The largest absolute Gasteiger partial charge is 0.459 e. The second kappa shape index (κ2) is 6.01. The summed E-state index contributed by atoms with van der Waals surface area (Å²) in [5.41, 5.74) is 9.27. The predicted molar refractivity (Wildman–Crippen MR) is 75.8 cm³/mol. The van der Waals surface area contributed by atoms with E-state index in [2.05, 4.69) is 0 Å². The van der Waals surface area contributed by atoms with Crippen molar-refractivity contribution in [3.63, 3.8) is 0 Å². The van der Waals surface area contributed by atoms with Gasteiger partial charge in [-0.1, -0.05) is 11.6 Å². The lowest BCUT2D eigenvalue weighted by atomic mass is 10.3. The minimum absolute atomic E-state index is 0.204. The van der Waals surface area contributed by atoms with Crippen LogP contribution in [0.4, 0.5) is 5.69 Å². The van der Waals surface area contributed by atoms with Crippen LogP contribution in [-0.4, -0.2) is 5.91 Å². The molecule has 0 fully saturated rings. The summed E-state index contributed by atoms with van der Waals surface area (Å²) in [5.74, 6) is 5.36. The minimum Gasteiger partial charge on any atom is -0.459 e. The summed E-state index contributed by atoms with van der Waals surface area (Å²) in [7, 11) is 0. The minimum atomic E-state index is -0.459. The standard InChI is InChI=1S/C12H12ClN3O2S/c13-8-1-2-9(14)10(5-8)19-6-7-3-4-18-11(7)12(17)16-15/h1-5H,6,14-15H2,(H,16,17). The Morgan fingerprint density at radius 3 is 2.95 bits per heavy atom. The van der Waals surface area contributed by atoms with Crippen molar-refractivity contribution < 1.29 is 9.21 Å². The van der Waals surface area contributed by atoms with Gasteiger partial charge < -0.3 is 10.2 Å². The van der Waals surface area contributed by atoms with E-state index in [9.17, 15) is 4.79 Å². The highest BCUT2D eigenvalue weighted by atomic mass is 35.5. The quantitative estimate of drug-likeness (QED) is 0.265. The van der Waals surface area contributed by atoms with Gasteiger partial charge >= 0.3 is 5.91 Å². The third-order valence-electron chi connectivity index (χ3n) is 2.44. The number of benzene rings is 1. The molecule has 100 valence electrons. The maximum Gasteiger partial charge on any atom is 0.301 e. The average molecular weight is 298 g/mol. The molecule has 1 aromatic carbocycles. The number of nitrogens with one attached hydrogen (secondary N) is 1. The zero-order valence-corrected chi connectivity index (χ0v) is 11.4. The van der Waals surface area contributed by atoms with Crippen LogP contribution in [0.2, 0.25) is 5.02 Å². The second-order valence-corrected chi connectivity index (χ2v) is 5.17. The number of amides is 1. The van der Waals surface area contributed by atoms with E-state index in [1.165, 1.54) is 18.0 Å². The van der Waals surface area contributed by atoms with Crippen LogP contribution < -0.4 is 17.0 Å². The summed E-state index contributed by atoms with van der Waals surface area (Å²) in [4.78, 5) is 12.3. The van der Waals surface area contributed by atoms with Crippen LogP contribution in [-0.2, 0) is 5.75 Å². The Morgan fingerprint density at radius 1 is 1.42 bits per heavy atom. The van der Waals surface area contributed by atoms with Crippen molar-refractivity contribution in [2.45, 2.75) is 10.6 Å². The van der Waals surface area contributed by atoms with Crippen LogP contribution in [0.3, 0.4) is 0 Å². The molecule has 0 aliphatic carbocycles. The van der Waals surface area contributed by atoms with Crippen molar-refractivity contribution in [1.29, 1.82) is 0 Å². The molecule has 5 nitrogen and oxygen atoms in total. The zero-order valence-electron chi connectivity index (χ0n) is 9.85. The summed E-state index contributed by atoms with van der Waals surface area (Å²) in [5, 5.41) is 0.615. The second-order valence-electron chi connectivity index (χ2n) is 3.72. The average Bonchev–Trinajstić information content (AvgIpc) is 2.87. The third kappa shape index (κ3) is 3.23. The normalized spacial score (nSPS) is 10.4. The fraction of sp³-hybridized carbons (Fsp3) is 0.0833. The SMILES string of the molecule is NNC(=O)c1occc1CSc1cc(Cl)ccc1N. The van der Waals surface area contributed by atoms with Gasteiger partial charge in [-0.2, -0.15) is 0 Å². The van der Waals surface area contributed by atoms with Crippen molar-refractivity contribution in [3.8, 4) is 0 Å². The van der Waals surface area contributed by atoms with Crippen molar-refractivity contribution in [2.75, 3.05) is 5.73 Å². The van der Waals surface area contributed by atoms with E-state index < -0.39 is 5.91 Å². The van der Waals surface area contributed by atoms with E-state index in [1.54, 1.807) is 24.3 Å². The molecular formula is C12H12ClN3O2S. The number of thioether (sulfide) groups is 1. The van der Waals surface area contributed by atoms with Gasteiger partial charge in [-0.15, -0.1) is 11.8 Å². The molecule has 0 saturated carbocycles. The van der Waals surface area contributed by atoms with Gasteiger partial charge in [0.05, 0.1) is 6.26 Å². The molecule has 1 heterocycles. The van der Waals surface area contributed by atoms with Gasteiger partial charge in [-0.3, -0.25) is 10.2 Å². The zero-order chi connectivity index (χ0) is 13.8. The smallest absolute Gasteiger partial charge is 0.301 e. The molecule has 0 bridgehead atoms. The Morgan fingerprint density at radius 2 is 2.21 bits per heavy atom. The third-order valence-corrected chi connectivity index (χ3v) is 3.80. The molecule has 0 spiro atoms. The van der Waals surface area contributed by atoms with E-state index in [-0.39, 0.29) is 5.76 Å². The number of furan rings is 1. The molecule has 2 rings (SSSR count). The number of hydrazine groups is 1. The Balaban J connectivity index is 2.13. The number of hydrogen-bond acceptors (Lipinski definition) is 5. The van der Waals surface area contributed by atoms with Crippen LogP contribution in [0, 0.1) is 0 Å². The van der Waals surface area contributed by atoms with E-state index in [0.29, 0.717) is 16.5 Å². The number of halogens is 1. The van der Waals surface area contributed by atoms with E-state index >= 15 is 0 Å². The first kappa shape index (κ1) is 13.8. The van der Waals surface area contributed by atoms with Gasteiger partial charge in [0.25, 0.3) is 0 Å². The Labute approximate surface area is 119 Å². The number of carbonyl (C=O) groups excluding carboxylic acids is 1. The van der Waals surface area contributed by atoms with Gasteiger partial charge in [-0.05, 0) is 24.3 Å². The molecule has 0 unspecified atom stereocenters. The summed E-state index contributed by atoms with van der Waals surface area (Å²) in [6.07, 6.45) is 1.45. The number of carbonyl (C=O) groups is 1. The molecule has 0 saturated heterocycles. The molecule has 5 N–H and O–H groups in total. The first-order chi connectivity index (χ1) is 9.11. The van der Waals surface area contributed by atoms with Gasteiger partial charge in [0.15, 0.2) is 5.76 Å². The molecule has 0 atom stereocenters. The molecule has 1 amide bonds. The maximum absolute atomic E-state index is 11.4. The van der Waals surface area contributed by atoms with Crippen LogP contribution in [0.15, 0.2) is 39.8 Å². The molecule has 1 aromatic heterocycles. The summed E-state index contributed by atoms with van der Waals surface area (Å²) in [6.45, 7) is 0. The molecule has 19 heavy (non-hydrogen) atoms. The fourth-order valence-corrected chi connectivity index (χ4v) is 2.72. The summed E-state index contributed by atoms with van der Waals surface area (Å²) in [6, 6.07) is 6.97. The topological polar surface area (TPSA) is 94.3 Å². The Kier molecular flexibility index (Phi) is 4.36. The maximum atomic E-state index is 11.4. The van der Waals surface area contributed by atoms with Gasteiger partial charge in [0, 0.05) is 26.9 Å². The van der Waals surface area contributed by atoms with Crippen molar-refractivity contribution >= 4 is 35.0 Å². The molecule has 0 aliphatic heterocycles. The van der Waals surface area contributed by atoms with Crippen LogP contribution in [0.1, 0.15) is 16.1 Å². The Bertz CT molecular complexity index is 600. The predicted octanol–water partition coefficient (Wildman–Crippen LogP) is 2.41. The number of anilines is 1. The lowest BCUT2D eigenvalue weighted by Crippen LogP contribution is -2.30. The summed E-state index contributed by atoms with van der Waals surface area (Å²) >= 11 is 7.38. The highest BCUT2D eigenvalue weighted by Gasteiger charge is 2.14. The molecule has 0 aliphatic rings. The first-order valence-corrected chi connectivity index (χ1v) is 6.73. The van der Waals surface area contributed by atoms with Crippen molar-refractivity contribution in [2.24, 2.45) is 5.84 Å². The van der Waals surface area contributed by atoms with E-state index in [4.69, 9.17) is 27.6 Å². The summed E-state index contributed by atoms with van der Waals surface area (Å²) < 4.78 is 5.10. The lowest BCUT2D eigenvalue weighted by Gasteiger charge is -2.06. The van der Waals surface area contributed by atoms with Crippen LogP contribution in [0.25, 0.3) is 0 Å². The van der Waals surface area contributed by atoms with Gasteiger partial charge in [0.1, 0.15) is 0 Å². The van der Waals surface area contributed by atoms with E-state index in [0.717, 1.165) is 10.5 Å². The first-order valence-electron chi connectivity index (χ1n) is 5.37. The number of nitrogen functional groups attached to an aromatic ring is 2. The van der Waals surface area contributed by atoms with Crippen LogP contribution in [0.5, 0.6) is 0 Å². The Hall–Kier alpha value is -1.63. The van der Waals surface area contributed by atoms with Crippen molar-refractivity contribution in [3.05, 3.63) is 46.9 Å². The van der Waals surface area contributed by atoms with Gasteiger partial charge in [0.2, 0.25) is 0 Å². The monoisotopic (exact) mass is 297 g/mol. The number of nitrogens with two attached hydrogens (primary N) is 2. The van der Waals surface area contributed by atoms with E-state index in [1.807, 2.05) is 5.43 Å². The highest BCUT2D eigenvalue weighted by Crippen LogP contribution is 2.31. The molecule has 2 aromatic rings. The number of hydrogen-bond donors (Lipinski definition) is 3. The molecule has 7 heteroatoms. The lowest BCUT2D eigenvalue weighted by molar-refractivity contribution is 0.0925. The van der Waals surface area contributed by atoms with Gasteiger partial charge in [-0.25, -0.2) is 5.84 Å².